The molecule has 0 saturated carbocycles. The van der Waals surface area contributed by atoms with Crippen LogP contribution in [0.25, 0.3) is 0 Å². The van der Waals surface area contributed by atoms with Gasteiger partial charge in [-0.2, -0.15) is 0 Å². The van der Waals surface area contributed by atoms with Crippen LogP contribution in [0.2, 0.25) is 0 Å². The summed E-state index contributed by atoms with van der Waals surface area (Å²) in [7, 11) is 0. The quantitative estimate of drug-likeness (QED) is 0.521. The normalized spacial score (nSPS) is 12.1. The molecular weight excluding hydrogens is 122 g/mol. The number of hydrogen-bond acceptors (Lipinski definition) is 1. The highest BCUT2D eigenvalue weighted by Crippen LogP contribution is 1.99. The Balaban J connectivity index is 3.49. The summed E-state index contributed by atoms with van der Waals surface area (Å²) < 4.78 is 0. The molecule has 0 aliphatic heterocycles. The van der Waals surface area contributed by atoms with Crippen molar-refractivity contribution in [3.8, 4) is 0 Å². The van der Waals surface area contributed by atoms with Crippen LogP contribution in [0.5, 0.6) is 0 Å². The van der Waals surface area contributed by atoms with E-state index in [0.29, 0.717) is 0 Å². The van der Waals surface area contributed by atoms with E-state index in [4.69, 9.17) is 0 Å². The zero-order valence-corrected chi connectivity index (χ0v) is 7.19. The van der Waals surface area contributed by atoms with Crippen molar-refractivity contribution in [1.29, 1.82) is 0 Å². The lowest BCUT2D eigenvalue weighted by atomic mass is 10.1. The van der Waals surface area contributed by atoms with Crippen molar-refractivity contribution in [3.63, 3.8) is 0 Å². The third-order valence-corrected chi connectivity index (χ3v) is 1.49. The fourth-order valence-corrected chi connectivity index (χ4v) is 0.888. The van der Waals surface area contributed by atoms with E-state index < -0.39 is 0 Å². The predicted octanol–water partition coefficient (Wildman–Crippen LogP) is 2.86. The molecule has 1 nitrogen and oxygen atoms in total. The first-order valence-electron chi connectivity index (χ1n) is 4.16. The summed E-state index contributed by atoms with van der Waals surface area (Å²) in [5, 5.41) is 0. The number of hydrogen-bond donors (Lipinski definition) is 0. The standard InChI is InChI=1S/C9H18N/c1-4-7-8-9(5-2)10-6-3/h2,4-8H2,1,3H3. The van der Waals surface area contributed by atoms with Gasteiger partial charge in [-0.3, -0.25) is 4.99 Å². The molecule has 0 atom stereocenters. The van der Waals surface area contributed by atoms with Gasteiger partial charge in [0.05, 0.1) is 0 Å². The van der Waals surface area contributed by atoms with Gasteiger partial charge in [-0.15, -0.1) is 0 Å². The monoisotopic (exact) mass is 140 g/mol. The average Bonchev–Trinajstić information content (AvgIpc) is 1.98. The number of unbranched alkanes of at least 4 members (excludes halogenated alkanes) is 1. The summed E-state index contributed by atoms with van der Waals surface area (Å²) in [5.41, 5.74) is 1.28. The molecule has 0 aliphatic rings. The largest absolute Gasteiger partial charge is 0.294 e. The lowest BCUT2D eigenvalue weighted by Crippen LogP contribution is -1.96. The van der Waals surface area contributed by atoms with Crippen LogP contribution >= 0.6 is 0 Å². The maximum absolute atomic E-state index is 4.33. The van der Waals surface area contributed by atoms with Gasteiger partial charge in [0.2, 0.25) is 0 Å². The van der Waals surface area contributed by atoms with E-state index in [-0.39, 0.29) is 0 Å². The topological polar surface area (TPSA) is 12.4 Å². The fraction of sp³-hybridized carbons (Fsp3) is 0.778. The lowest BCUT2D eigenvalue weighted by molar-refractivity contribution is 0.825. The predicted molar refractivity (Wildman–Crippen MR) is 47.5 cm³/mol. The first-order chi connectivity index (χ1) is 4.85. The molecule has 59 valence electrons. The summed E-state index contributed by atoms with van der Waals surface area (Å²) in [4.78, 5) is 4.33. The summed E-state index contributed by atoms with van der Waals surface area (Å²) >= 11 is 0. The van der Waals surface area contributed by atoms with Crippen molar-refractivity contribution in [2.75, 3.05) is 6.54 Å². The molecule has 0 aromatic carbocycles. The van der Waals surface area contributed by atoms with Gasteiger partial charge in [0.15, 0.2) is 0 Å². The van der Waals surface area contributed by atoms with Gasteiger partial charge in [-0.1, -0.05) is 13.3 Å². The molecular formula is C9H18N. The van der Waals surface area contributed by atoms with Crippen LogP contribution in [0.3, 0.4) is 0 Å². The Morgan fingerprint density at radius 1 is 1.40 bits per heavy atom. The van der Waals surface area contributed by atoms with Crippen molar-refractivity contribution >= 4 is 5.71 Å². The summed E-state index contributed by atoms with van der Waals surface area (Å²) in [6.07, 6.45) is 4.54. The minimum atomic E-state index is 0.883. The van der Waals surface area contributed by atoms with Crippen LogP contribution in [0.4, 0.5) is 0 Å². The van der Waals surface area contributed by atoms with Gasteiger partial charge in [0.25, 0.3) is 0 Å². The van der Waals surface area contributed by atoms with E-state index in [1.54, 1.807) is 0 Å². The molecule has 0 unspecified atom stereocenters. The molecule has 0 N–H and O–H groups in total. The van der Waals surface area contributed by atoms with Crippen LogP contribution in [-0.2, 0) is 0 Å². The summed E-state index contributed by atoms with van der Waals surface area (Å²) in [5.74, 6) is 0. The Hall–Kier alpha value is -0.330. The molecule has 0 rings (SSSR count). The second kappa shape index (κ2) is 6.79. The molecule has 0 aromatic rings. The molecule has 0 aromatic heterocycles. The highest BCUT2D eigenvalue weighted by Gasteiger charge is 1.92. The number of nitrogens with zero attached hydrogens (tertiary/aromatic N) is 1. The first kappa shape index (κ1) is 9.67. The van der Waals surface area contributed by atoms with Crippen molar-refractivity contribution < 1.29 is 0 Å². The Kier molecular flexibility index (Phi) is 6.56. The van der Waals surface area contributed by atoms with Crippen LogP contribution in [0.15, 0.2) is 4.99 Å². The van der Waals surface area contributed by atoms with E-state index in [0.717, 1.165) is 19.4 Å². The van der Waals surface area contributed by atoms with Crippen LogP contribution in [0, 0.1) is 6.92 Å². The van der Waals surface area contributed by atoms with Crippen molar-refractivity contribution in [3.05, 3.63) is 6.92 Å². The zero-order chi connectivity index (χ0) is 7.82. The van der Waals surface area contributed by atoms with Crippen LogP contribution < -0.4 is 0 Å². The second-order valence-electron chi connectivity index (χ2n) is 2.39. The third kappa shape index (κ3) is 4.54. The minimum Gasteiger partial charge on any atom is -0.294 e. The van der Waals surface area contributed by atoms with E-state index in [9.17, 15) is 0 Å². The van der Waals surface area contributed by atoms with Crippen LogP contribution in [0.1, 0.15) is 39.5 Å². The second-order valence-corrected chi connectivity index (χ2v) is 2.39. The van der Waals surface area contributed by atoms with E-state index >= 15 is 0 Å². The molecule has 0 saturated heterocycles. The molecule has 0 bridgehead atoms. The molecule has 1 heteroatoms. The Bertz CT molecular complexity index is 94.9. The average molecular weight is 140 g/mol. The van der Waals surface area contributed by atoms with Crippen molar-refractivity contribution in [2.45, 2.75) is 39.5 Å². The highest BCUT2D eigenvalue weighted by atomic mass is 14.7. The SMILES string of the molecule is [CH2]CC(CCCC)=NCC. The van der Waals surface area contributed by atoms with Gasteiger partial charge < -0.3 is 0 Å². The van der Waals surface area contributed by atoms with Crippen molar-refractivity contribution in [2.24, 2.45) is 4.99 Å². The Labute approximate surface area is 64.6 Å². The summed E-state index contributed by atoms with van der Waals surface area (Å²) in [6.45, 7) is 9.01. The van der Waals surface area contributed by atoms with Crippen LogP contribution in [-0.4, -0.2) is 12.3 Å². The zero-order valence-electron chi connectivity index (χ0n) is 7.19. The molecule has 0 spiro atoms. The van der Waals surface area contributed by atoms with Gasteiger partial charge >= 0.3 is 0 Å². The number of rotatable bonds is 5. The van der Waals surface area contributed by atoms with Crippen molar-refractivity contribution in [1.82, 2.24) is 0 Å². The van der Waals surface area contributed by atoms with Gasteiger partial charge in [-0.25, -0.2) is 0 Å². The minimum absolute atomic E-state index is 0.883. The molecule has 1 radical (unpaired) electrons. The van der Waals surface area contributed by atoms with E-state index in [1.165, 1.54) is 18.6 Å². The smallest absolute Gasteiger partial charge is 0.0360 e. The Morgan fingerprint density at radius 2 is 2.10 bits per heavy atom. The molecule has 0 fully saturated rings. The highest BCUT2D eigenvalue weighted by molar-refractivity contribution is 5.84. The summed E-state index contributed by atoms with van der Waals surface area (Å²) in [6, 6.07) is 0. The van der Waals surface area contributed by atoms with Gasteiger partial charge in [-0.05, 0) is 33.1 Å². The molecule has 0 aliphatic carbocycles. The molecule has 0 amide bonds. The molecule has 10 heavy (non-hydrogen) atoms. The lowest BCUT2D eigenvalue weighted by Gasteiger charge is -2.00. The maximum atomic E-state index is 4.33. The Morgan fingerprint density at radius 3 is 2.50 bits per heavy atom. The molecule has 0 heterocycles. The van der Waals surface area contributed by atoms with Gasteiger partial charge in [0.1, 0.15) is 0 Å². The van der Waals surface area contributed by atoms with E-state index in [1.807, 2.05) is 0 Å². The number of aliphatic imine (C=N–C) groups is 1. The first-order valence-corrected chi connectivity index (χ1v) is 4.16. The maximum Gasteiger partial charge on any atom is 0.0360 e. The third-order valence-electron chi connectivity index (χ3n) is 1.49. The van der Waals surface area contributed by atoms with E-state index in [2.05, 4.69) is 25.8 Å². The fourth-order valence-electron chi connectivity index (χ4n) is 0.888. The van der Waals surface area contributed by atoms with Gasteiger partial charge in [0, 0.05) is 12.3 Å².